The highest BCUT2D eigenvalue weighted by Gasteiger charge is 2.28. The Morgan fingerprint density at radius 2 is 1.42 bits per heavy atom. The van der Waals surface area contributed by atoms with Gasteiger partial charge >= 0.3 is 5.97 Å². The van der Waals surface area contributed by atoms with Crippen molar-refractivity contribution in [3.05, 3.63) is 64.4 Å². The molecule has 0 N–H and O–H groups in total. The van der Waals surface area contributed by atoms with Crippen LogP contribution in [0.1, 0.15) is 126 Å². The molecule has 0 aliphatic carbocycles. The molecule has 0 fully saturated rings. The molecular formula is C33H43ClO4. The van der Waals surface area contributed by atoms with Crippen molar-refractivity contribution in [2.24, 2.45) is 0 Å². The van der Waals surface area contributed by atoms with E-state index in [0.717, 1.165) is 24.8 Å². The molecule has 38 heavy (non-hydrogen) atoms. The number of fused-ring (bicyclic) bond motifs is 1. The van der Waals surface area contributed by atoms with Gasteiger partial charge in [-0.25, -0.2) is 0 Å². The molecule has 4 nitrogen and oxygen atoms in total. The maximum Gasteiger partial charge on any atom is 0.311 e. The highest BCUT2D eigenvalue weighted by molar-refractivity contribution is 6.30. The highest BCUT2D eigenvalue weighted by atomic mass is 35.5. The van der Waals surface area contributed by atoms with E-state index in [-0.39, 0.29) is 17.5 Å². The predicted octanol–water partition coefficient (Wildman–Crippen LogP) is 10.1. The van der Waals surface area contributed by atoms with Crippen molar-refractivity contribution in [3.8, 4) is 11.5 Å². The summed E-state index contributed by atoms with van der Waals surface area (Å²) in [5.74, 6) is 0.561. The monoisotopic (exact) mass is 538 g/mol. The fourth-order valence-corrected chi connectivity index (χ4v) is 5.00. The van der Waals surface area contributed by atoms with Gasteiger partial charge in [-0.3, -0.25) is 9.59 Å². The van der Waals surface area contributed by atoms with Gasteiger partial charge in [0.1, 0.15) is 11.5 Å². The summed E-state index contributed by atoms with van der Waals surface area (Å²) in [7, 11) is 0. The first-order valence-electron chi connectivity index (χ1n) is 14.6. The smallest absolute Gasteiger partial charge is 0.311 e. The van der Waals surface area contributed by atoms with E-state index < -0.39 is 0 Å². The van der Waals surface area contributed by atoms with Crippen LogP contribution in [0.2, 0.25) is 5.02 Å². The molecule has 206 valence electrons. The van der Waals surface area contributed by atoms with E-state index in [1.54, 1.807) is 36.4 Å². The van der Waals surface area contributed by atoms with Crippen LogP contribution in [-0.2, 0) is 4.79 Å². The summed E-state index contributed by atoms with van der Waals surface area (Å²) in [6.07, 6.45) is 21.4. The number of benzene rings is 2. The second kappa shape index (κ2) is 17.1. The summed E-state index contributed by atoms with van der Waals surface area (Å²) in [5, 5.41) is 0.589. The molecule has 0 radical (unpaired) electrons. The van der Waals surface area contributed by atoms with Gasteiger partial charge in [-0.15, -0.1) is 0 Å². The zero-order chi connectivity index (χ0) is 27.0. The van der Waals surface area contributed by atoms with Gasteiger partial charge in [0, 0.05) is 11.4 Å². The van der Waals surface area contributed by atoms with E-state index >= 15 is 0 Å². The van der Waals surface area contributed by atoms with Gasteiger partial charge in [-0.1, -0.05) is 121 Å². The van der Waals surface area contributed by atoms with Gasteiger partial charge in [0.15, 0.2) is 5.76 Å². The minimum absolute atomic E-state index is 0.226. The Balaban J connectivity index is 1.25. The fraction of sp³-hybridized carbons (Fsp3) is 0.515. The quantitative estimate of drug-likeness (QED) is 0.0819. The number of ether oxygens (including phenoxy) is 2. The molecule has 1 heterocycles. The van der Waals surface area contributed by atoms with E-state index in [9.17, 15) is 9.59 Å². The molecule has 0 unspecified atom stereocenters. The Hall–Kier alpha value is -2.59. The maximum absolute atomic E-state index is 12.8. The zero-order valence-electron chi connectivity index (χ0n) is 22.9. The van der Waals surface area contributed by atoms with Crippen LogP contribution in [0.3, 0.4) is 0 Å². The molecule has 0 atom stereocenters. The van der Waals surface area contributed by atoms with Crippen LogP contribution in [0.5, 0.6) is 11.5 Å². The molecule has 0 bridgehead atoms. The summed E-state index contributed by atoms with van der Waals surface area (Å²) in [6, 6.07) is 12.1. The zero-order valence-corrected chi connectivity index (χ0v) is 23.7. The first-order chi connectivity index (χ1) is 18.6. The number of halogens is 1. The lowest BCUT2D eigenvalue weighted by Gasteiger charge is -2.06. The van der Waals surface area contributed by atoms with Gasteiger partial charge in [-0.2, -0.15) is 0 Å². The third kappa shape index (κ3) is 10.6. The Morgan fingerprint density at radius 3 is 2.03 bits per heavy atom. The lowest BCUT2D eigenvalue weighted by molar-refractivity contribution is -0.134. The van der Waals surface area contributed by atoms with E-state index in [2.05, 4.69) is 6.92 Å². The number of Topliss-reactive ketones (excluding diaryl/α,β-unsaturated/α-hetero) is 1. The molecule has 5 heteroatoms. The number of hydrogen-bond donors (Lipinski definition) is 0. The third-order valence-corrected chi connectivity index (χ3v) is 7.24. The second-order valence-electron chi connectivity index (χ2n) is 10.3. The van der Waals surface area contributed by atoms with Crippen molar-refractivity contribution in [3.63, 3.8) is 0 Å². The number of unbranched alkanes of at least 4 members (excludes halogenated alkanes) is 14. The molecule has 2 aromatic rings. The minimum Gasteiger partial charge on any atom is -0.452 e. The van der Waals surface area contributed by atoms with Crippen LogP contribution in [0.15, 0.2) is 48.2 Å². The molecule has 1 aliphatic heterocycles. The molecule has 2 aromatic carbocycles. The second-order valence-corrected chi connectivity index (χ2v) is 10.8. The largest absolute Gasteiger partial charge is 0.452 e. The van der Waals surface area contributed by atoms with Gasteiger partial charge in [0.25, 0.3) is 0 Å². The summed E-state index contributed by atoms with van der Waals surface area (Å²) in [5.41, 5.74) is 1.18. The van der Waals surface area contributed by atoms with Gasteiger partial charge < -0.3 is 9.47 Å². The first-order valence-corrected chi connectivity index (χ1v) is 15.0. The van der Waals surface area contributed by atoms with E-state index in [4.69, 9.17) is 21.1 Å². The molecule has 3 rings (SSSR count). The fourth-order valence-electron chi connectivity index (χ4n) is 4.80. The van der Waals surface area contributed by atoms with Gasteiger partial charge in [0.05, 0.1) is 5.56 Å². The SMILES string of the molecule is CCCCCCCCCCCCCCCCCC(=O)Oc1ccc2c(c1)C(=O)/C(=C/c1cccc(Cl)c1)O2. The summed E-state index contributed by atoms with van der Waals surface area (Å²) in [6.45, 7) is 2.27. The third-order valence-electron chi connectivity index (χ3n) is 7.00. The molecule has 0 saturated heterocycles. The number of esters is 1. The Bertz CT molecular complexity index is 1060. The molecule has 0 amide bonds. The van der Waals surface area contributed by atoms with Crippen LogP contribution >= 0.6 is 11.6 Å². The number of carbonyl (C=O) groups excluding carboxylic acids is 2. The van der Waals surface area contributed by atoms with Crippen LogP contribution in [0, 0.1) is 0 Å². The van der Waals surface area contributed by atoms with Crippen molar-refractivity contribution in [1.29, 1.82) is 0 Å². The van der Waals surface area contributed by atoms with Crippen molar-refractivity contribution in [2.75, 3.05) is 0 Å². The lowest BCUT2D eigenvalue weighted by atomic mass is 10.0. The Labute approximate surface area is 233 Å². The standard InChI is InChI=1S/C33H43ClO4/c1-2-3-4-5-6-7-8-9-10-11-12-13-14-15-16-20-32(35)37-28-21-22-30-29(25-28)33(36)31(38-30)24-26-18-17-19-27(34)23-26/h17-19,21-25H,2-16,20H2,1H3/b31-24-. The average molecular weight is 539 g/mol. The van der Waals surface area contributed by atoms with Crippen LogP contribution in [0.25, 0.3) is 6.08 Å². The first kappa shape index (κ1) is 30.0. The number of rotatable bonds is 18. The number of allylic oxidation sites excluding steroid dienone is 1. The predicted molar refractivity (Wildman–Crippen MR) is 156 cm³/mol. The normalized spacial score (nSPS) is 13.5. The summed E-state index contributed by atoms with van der Waals surface area (Å²) < 4.78 is 11.2. The molecule has 0 saturated carbocycles. The van der Waals surface area contributed by atoms with Crippen LogP contribution in [-0.4, -0.2) is 11.8 Å². The molecule has 0 spiro atoms. The van der Waals surface area contributed by atoms with Crippen molar-refractivity contribution >= 4 is 29.4 Å². The molecule has 0 aromatic heterocycles. The van der Waals surface area contributed by atoms with Crippen LogP contribution in [0.4, 0.5) is 0 Å². The highest BCUT2D eigenvalue weighted by Crippen LogP contribution is 2.35. The molecule has 1 aliphatic rings. The van der Waals surface area contributed by atoms with Gasteiger partial charge in [-0.05, 0) is 48.4 Å². The minimum atomic E-state index is -0.263. The van der Waals surface area contributed by atoms with E-state index in [1.165, 1.54) is 77.0 Å². The number of carbonyl (C=O) groups is 2. The van der Waals surface area contributed by atoms with Gasteiger partial charge in [0.2, 0.25) is 5.78 Å². The summed E-state index contributed by atoms with van der Waals surface area (Å²) >= 11 is 6.03. The van der Waals surface area contributed by atoms with E-state index in [0.29, 0.717) is 28.5 Å². The number of hydrogen-bond acceptors (Lipinski definition) is 4. The van der Waals surface area contributed by atoms with Crippen LogP contribution < -0.4 is 9.47 Å². The maximum atomic E-state index is 12.8. The Kier molecular flexibility index (Phi) is 13.5. The van der Waals surface area contributed by atoms with E-state index in [1.807, 2.05) is 12.1 Å². The van der Waals surface area contributed by atoms with Crippen molar-refractivity contribution < 1.29 is 19.1 Å². The van der Waals surface area contributed by atoms with Crippen molar-refractivity contribution in [2.45, 2.75) is 110 Å². The number of ketones is 1. The summed E-state index contributed by atoms with van der Waals surface area (Å²) in [4.78, 5) is 25.1. The average Bonchev–Trinajstić information content (AvgIpc) is 3.20. The topological polar surface area (TPSA) is 52.6 Å². The molecular weight excluding hydrogens is 496 g/mol. The lowest BCUT2D eigenvalue weighted by Crippen LogP contribution is -2.08. The van der Waals surface area contributed by atoms with Crippen molar-refractivity contribution in [1.82, 2.24) is 0 Å². The Morgan fingerprint density at radius 1 is 0.816 bits per heavy atom.